The fourth-order valence-corrected chi connectivity index (χ4v) is 1.51. The molecule has 0 bridgehead atoms. The lowest BCUT2D eigenvalue weighted by molar-refractivity contribution is 0.142. The zero-order valence-electron chi connectivity index (χ0n) is 7.55. The van der Waals surface area contributed by atoms with Gasteiger partial charge in [-0.1, -0.05) is 0 Å². The van der Waals surface area contributed by atoms with Gasteiger partial charge in [-0.05, 0) is 15.9 Å². The zero-order valence-corrected chi connectivity index (χ0v) is 9.14. The number of rotatable bonds is 3. The number of aromatic nitrogens is 1. The SMILES string of the molecule is COc1cnc(Br)c(OC)c1C(F)F. The third kappa shape index (κ3) is 1.95. The number of hydrogen-bond donors (Lipinski definition) is 0. The molecule has 0 aliphatic carbocycles. The summed E-state index contributed by atoms with van der Waals surface area (Å²) in [5.41, 5.74) is -0.295. The van der Waals surface area contributed by atoms with Crippen LogP contribution in [0.1, 0.15) is 12.0 Å². The molecule has 6 heteroatoms. The van der Waals surface area contributed by atoms with E-state index in [0.29, 0.717) is 0 Å². The first-order valence-electron chi connectivity index (χ1n) is 3.66. The minimum atomic E-state index is -2.67. The summed E-state index contributed by atoms with van der Waals surface area (Å²) >= 11 is 3.01. The van der Waals surface area contributed by atoms with Crippen molar-refractivity contribution in [3.63, 3.8) is 0 Å². The largest absolute Gasteiger partial charge is 0.494 e. The van der Waals surface area contributed by atoms with Crippen molar-refractivity contribution in [1.82, 2.24) is 4.98 Å². The van der Waals surface area contributed by atoms with Crippen LogP contribution in [-0.2, 0) is 0 Å². The normalized spacial score (nSPS) is 10.4. The molecule has 0 aliphatic heterocycles. The standard InChI is InChI=1S/C8H8BrF2NO2/c1-13-4-3-12-7(9)6(14-2)5(4)8(10)11/h3,8H,1-2H3. The van der Waals surface area contributed by atoms with Gasteiger partial charge in [0.15, 0.2) is 5.75 Å². The summed E-state index contributed by atoms with van der Waals surface area (Å²) < 4.78 is 35.1. The van der Waals surface area contributed by atoms with Gasteiger partial charge < -0.3 is 9.47 Å². The van der Waals surface area contributed by atoms with Gasteiger partial charge in [-0.3, -0.25) is 0 Å². The molecule has 14 heavy (non-hydrogen) atoms. The van der Waals surface area contributed by atoms with E-state index >= 15 is 0 Å². The molecule has 0 saturated heterocycles. The van der Waals surface area contributed by atoms with Crippen LogP contribution in [0, 0.1) is 0 Å². The average molecular weight is 268 g/mol. The van der Waals surface area contributed by atoms with Crippen LogP contribution in [-0.4, -0.2) is 19.2 Å². The summed E-state index contributed by atoms with van der Waals surface area (Å²) in [5.74, 6) is 0.0133. The van der Waals surface area contributed by atoms with Gasteiger partial charge in [0, 0.05) is 0 Å². The number of alkyl halides is 2. The van der Waals surface area contributed by atoms with E-state index in [0.717, 1.165) is 0 Å². The predicted octanol–water partition coefficient (Wildman–Crippen LogP) is 2.80. The van der Waals surface area contributed by atoms with E-state index in [9.17, 15) is 8.78 Å². The van der Waals surface area contributed by atoms with Crippen molar-refractivity contribution in [3.05, 3.63) is 16.4 Å². The maximum Gasteiger partial charge on any atom is 0.271 e. The van der Waals surface area contributed by atoms with E-state index in [4.69, 9.17) is 9.47 Å². The molecule has 3 nitrogen and oxygen atoms in total. The molecule has 0 unspecified atom stereocenters. The van der Waals surface area contributed by atoms with Crippen LogP contribution < -0.4 is 9.47 Å². The van der Waals surface area contributed by atoms with Crippen LogP contribution in [0.4, 0.5) is 8.78 Å². The van der Waals surface area contributed by atoms with Crippen molar-refractivity contribution in [2.45, 2.75) is 6.43 Å². The summed E-state index contributed by atoms with van der Waals surface area (Å²) in [6.45, 7) is 0. The Bertz CT molecular complexity index is 333. The molecular formula is C8H8BrF2NO2. The van der Waals surface area contributed by atoms with Gasteiger partial charge in [0.05, 0.1) is 20.4 Å². The molecule has 1 aromatic heterocycles. The molecule has 1 rings (SSSR count). The van der Waals surface area contributed by atoms with Crippen LogP contribution in [0.3, 0.4) is 0 Å². The summed E-state index contributed by atoms with van der Waals surface area (Å²) in [5, 5.41) is 0. The number of ether oxygens (including phenoxy) is 2. The van der Waals surface area contributed by atoms with E-state index in [1.165, 1.54) is 20.4 Å². The molecule has 0 spiro atoms. The Morgan fingerprint density at radius 3 is 2.43 bits per heavy atom. The first-order chi connectivity index (χ1) is 6.61. The number of halogens is 3. The second-order valence-electron chi connectivity index (χ2n) is 2.37. The quantitative estimate of drug-likeness (QED) is 0.790. The van der Waals surface area contributed by atoms with Crippen molar-refractivity contribution in [2.24, 2.45) is 0 Å². The van der Waals surface area contributed by atoms with Gasteiger partial charge >= 0.3 is 0 Å². The van der Waals surface area contributed by atoms with E-state index in [1.807, 2.05) is 0 Å². The van der Waals surface area contributed by atoms with Crippen LogP contribution in [0.5, 0.6) is 11.5 Å². The third-order valence-corrected chi connectivity index (χ3v) is 2.20. The molecule has 0 saturated carbocycles. The highest BCUT2D eigenvalue weighted by Crippen LogP contribution is 2.39. The second kappa shape index (κ2) is 4.54. The Morgan fingerprint density at radius 1 is 1.36 bits per heavy atom. The molecule has 1 heterocycles. The lowest BCUT2D eigenvalue weighted by Crippen LogP contribution is -1.99. The minimum Gasteiger partial charge on any atom is -0.494 e. The maximum absolute atomic E-state index is 12.6. The van der Waals surface area contributed by atoms with Gasteiger partial charge in [0.25, 0.3) is 6.43 Å². The lowest BCUT2D eigenvalue weighted by atomic mass is 10.2. The topological polar surface area (TPSA) is 31.4 Å². The molecule has 0 aromatic carbocycles. The minimum absolute atomic E-state index is 0.000602. The summed E-state index contributed by atoms with van der Waals surface area (Å²) in [6.07, 6.45) is -1.45. The van der Waals surface area contributed by atoms with Gasteiger partial charge in [-0.15, -0.1) is 0 Å². The van der Waals surface area contributed by atoms with Gasteiger partial charge in [0.1, 0.15) is 15.9 Å². The average Bonchev–Trinajstić information content (AvgIpc) is 2.17. The molecule has 0 fully saturated rings. The molecule has 0 atom stereocenters. The molecule has 0 amide bonds. The Hall–Kier alpha value is -0.910. The van der Waals surface area contributed by atoms with Crippen LogP contribution in [0.25, 0.3) is 0 Å². The third-order valence-electron chi connectivity index (χ3n) is 1.63. The van der Waals surface area contributed by atoms with Crippen molar-refractivity contribution in [1.29, 1.82) is 0 Å². The molecule has 78 valence electrons. The van der Waals surface area contributed by atoms with Gasteiger partial charge in [-0.25, -0.2) is 13.8 Å². The number of nitrogens with zero attached hydrogens (tertiary/aromatic N) is 1. The van der Waals surface area contributed by atoms with Crippen molar-refractivity contribution >= 4 is 15.9 Å². The zero-order chi connectivity index (χ0) is 10.7. The summed E-state index contributed by atoms with van der Waals surface area (Å²) in [4.78, 5) is 3.80. The Labute approximate surface area is 88.2 Å². The van der Waals surface area contributed by atoms with E-state index in [2.05, 4.69) is 20.9 Å². The monoisotopic (exact) mass is 267 g/mol. The van der Waals surface area contributed by atoms with Crippen LogP contribution in [0.2, 0.25) is 0 Å². The van der Waals surface area contributed by atoms with Gasteiger partial charge in [-0.2, -0.15) is 0 Å². The van der Waals surface area contributed by atoms with Crippen molar-refractivity contribution in [3.8, 4) is 11.5 Å². The van der Waals surface area contributed by atoms with Crippen LogP contribution >= 0.6 is 15.9 Å². The van der Waals surface area contributed by atoms with Crippen LogP contribution in [0.15, 0.2) is 10.8 Å². The molecule has 0 N–H and O–H groups in total. The number of pyridine rings is 1. The Balaban J connectivity index is 3.36. The first-order valence-corrected chi connectivity index (χ1v) is 4.45. The Morgan fingerprint density at radius 2 is 2.00 bits per heavy atom. The lowest BCUT2D eigenvalue weighted by Gasteiger charge is -2.12. The fraction of sp³-hybridized carbons (Fsp3) is 0.375. The van der Waals surface area contributed by atoms with E-state index in [1.54, 1.807) is 0 Å². The Kier molecular flexibility index (Phi) is 3.62. The van der Waals surface area contributed by atoms with E-state index in [-0.39, 0.29) is 21.7 Å². The number of methoxy groups -OCH3 is 2. The summed E-state index contributed by atoms with van der Waals surface area (Å²) in [7, 11) is 2.60. The highest BCUT2D eigenvalue weighted by molar-refractivity contribution is 9.10. The summed E-state index contributed by atoms with van der Waals surface area (Å²) in [6, 6.07) is 0. The van der Waals surface area contributed by atoms with Crippen molar-refractivity contribution in [2.75, 3.05) is 14.2 Å². The maximum atomic E-state index is 12.6. The predicted molar refractivity (Wildman–Crippen MR) is 50.0 cm³/mol. The molecule has 0 radical (unpaired) electrons. The van der Waals surface area contributed by atoms with Gasteiger partial charge in [0.2, 0.25) is 0 Å². The molecule has 1 aromatic rings. The first kappa shape index (κ1) is 11.2. The highest BCUT2D eigenvalue weighted by Gasteiger charge is 2.22. The molecular weight excluding hydrogens is 260 g/mol. The van der Waals surface area contributed by atoms with Crippen molar-refractivity contribution < 1.29 is 18.3 Å². The highest BCUT2D eigenvalue weighted by atomic mass is 79.9. The second-order valence-corrected chi connectivity index (χ2v) is 3.12. The molecule has 0 aliphatic rings. The number of hydrogen-bond acceptors (Lipinski definition) is 3. The smallest absolute Gasteiger partial charge is 0.271 e. The van der Waals surface area contributed by atoms with E-state index < -0.39 is 6.43 Å². The fourth-order valence-electron chi connectivity index (χ4n) is 1.03.